The average molecular weight is 300 g/mol. The highest BCUT2D eigenvalue weighted by Gasteiger charge is 2.04. The lowest BCUT2D eigenvalue weighted by Gasteiger charge is -2.04. The van der Waals surface area contributed by atoms with Crippen LogP contribution in [0, 0.1) is 11.3 Å². The van der Waals surface area contributed by atoms with Crippen molar-refractivity contribution in [1.29, 1.82) is 5.26 Å². The Hall–Kier alpha value is -1.09. The minimum absolute atomic E-state index is 0.0536. The SMILES string of the molecule is N#Cc1ccccc1NC(=O)CCI. The van der Waals surface area contributed by atoms with Crippen LogP contribution in [0.3, 0.4) is 0 Å². The number of alkyl halides is 1. The molecule has 0 aromatic heterocycles. The number of carbonyl (C=O) groups is 1. The van der Waals surface area contributed by atoms with Crippen molar-refractivity contribution < 1.29 is 4.79 Å². The fraction of sp³-hybridized carbons (Fsp3) is 0.200. The van der Waals surface area contributed by atoms with E-state index >= 15 is 0 Å². The maximum atomic E-state index is 11.3. The molecule has 0 heterocycles. The first-order chi connectivity index (χ1) is 6.77. The fourth-order valence-electron chi connectivity index (χ4n) is 0.988. The molecule has 0 unspecified atom stereocenters. The van der Waals surface area contributed by atoms with Crippen LogP contribution in [-0.2, 0) is 4.79 Å². The average Bonchev–Trinajstić information content (AvgIpc) is 2.19. The zero-order valence-electron chi connectivity index (χ0n) is 7.46. The van der Waals surface area contributed by atoms with Gasteiger partial charge in [-0.15, -0.1) is 0 Å². The molecule has 0 saturated heterocycles. The van der Waals surface area contributed by atoms with E-state index in [1.54, 1.807) is 24.3 Å². The summed E-state index contributed by atoms with van der Waals surface area (Å²) in [5.41, 5.74) is 1.08. The molecule has 0 radical (unpaired) electrons. The highest BCUT2D eigenvalue weighted by molar-refractivity contribution is 14.1. The first-order valence-corrected chi connectivity index (χ1v) is 5.65. The Morgan fingerprint density at radius 3 is 2.86 bits per heavy atom. The Kier molecular flexibility index (Phi) is 4.40. The van der Waals surface area contributed by atoms with Gasteiger partial charge in [0, 0.05) is 10.8 Å². The first-order valence-electron chi connectivity index (χ1n) is 4.13. The van der Waals surface area contributed by atoms with Gasteiger partial charge >= 0.3 is 0 Å². The van der Waals surface area contributed by atoms with Gasteiger partial charge in [0.15, 0.2) is 0 Å². The highest BCUT2D eigenvalue weighted by Crippen LogP contribution is 2.13. The molecule has 72 valence electrons. The minimum Gasteiger partial charge on any atom is -0.325 e. The summed E-state index contributed by atoms with van der Waals surface area (Å²) < 4.78 is 0.776. The zero-order valence-corrected chi connectivity index (χ0v) is 9.61. The van der Waals surface area contributed by atoms with E-state index in [2.05, 4.69) is 27.9 Å². The van der Waals surface area contributed by atoms with Crippen molar-refractivity contribution in [3.8, 4) is 6.07 Å². The number of amides is 1. The molecule has 0 spiro atoms. The molecule has 1 aromatic carbocycles. The van der Waals surface area contributed by atoms with E-state index in [4.69, 9.17) is 5.26 Å². The summed E-state index contributed by atoms with van der Waals surface area (Å²) >= 11 is 2.14. The number of benzene rings is 1. The Bertz CT molecular complexity index is 371. The van der Waals surface area contributed by atoms with Gasteiger partial charge < -0.3 is 5.32 Å². The number of rotatable bonds is 3. The van der Waals surface area contributed by atoms with E-state index in [9.17, 15) is 4.79 Å². The van der Waals surface area contributed by atoms with Gasteiger partial charge in [-0.25, -0.2) is 0 Å². The molecule has 0 bridgehead atoms. The van der Waals surface area contributed by atoms with Crippen LogP contribution in [0.2, 0.25) is 0 Å². The summed E-state index contributed by atoms with van der Waals surface area (Å²) in [6, 6.07) is 9.00. The molecule has 1 aromatic rings. The van der Waals surface area contributed by atoms with E-state index in [-0.39, 0.29) is 5.91 Å². The van der Waals surface area contributed by atoms with Gasteiger partial charge in [0.2, 0.25) is 5.91 Å². The molecular weight excluding hydrogens is 291 g/mol. The third-order valence-electron chi connectivity index (χ3n) is 1.64. The molecule has 0 atom stereocenters. The lowest BCUT2D eigenvalue weighted by Crippen LogP contribution is -2.12. The second-order valence-electron chi connectivity index (χ2n) is 2.64. The third-order valence-corrected chi connectivity index (χ3v) is 2.18. The fourth-order valence-corrected chi connectivity index (χ4v) is 1.48. The molecule has 4 heteroatoms. The van der Waals surface area contributed by atoms with Gasteiger partial charge in [0.05, 0.1) is 11.3 Å². The maximum Gasteiger partial charge on any atom is 0.225 e. The van der Waals surface area contributed by atoms with E-state index in [1.807, 2.05) is 6.07 Å². The first kappa shape index (κ1) is 11.0. The van der Waals surface area contributed by atoms with Crippen molar-refractivity contribution >= 4 is 34.2 Å². The van der Waals surface area contributed by atoms with Crippen molar-refractivity contribution in [3.05, 3.63) is 29.8 Å². The molecule has 1 rings (SSSR count). The van der Waals surface area contributed by atoms with Gasteiger partial charge in [-0.05, 0) is 12.1 Å². The summed E-state index contributed by atoms with van der Waals surface area (Å²) in [6.45, 7) is 0. The predicted octanol–water partition coefficient (Wildman–Crippen LogP) is 2.32. The van der Waals surface area contributed by atoms with Gasteiger partial charge in [-0.1, -0.05) is 34.7 Å². The topological polar surface area (TPSA) is 52.9 Å². The molecular formula is C10H9IN2O. The number of para-hydroxylation sites is 1. The van der Waals surface area contributed by atoms with Crippen LogP contribution in [-0.4, -0.2) is 10.3 Å². The van der Waals surface area contributed by atoms with E-state index in [0.29, 0.717) is 17.7 Å². The Morgan fingerprint density at radius 1 is 1.50 bits per heavy atom. The number of carbonyl (C=O) groups excluding carboxylic acids is 1. The number of nitriles is 1. The number of hydrogen-bond acceptors (Lipinski definition) is 2. The van der Waals surface area contributed by atoms with Gasteiger partial charge in [-0.3, -0.25) is 4.79 Å². The Balaban J connectivity index is 2.77. The molecule has 3 nitrogen and oxygen atoms in total. The number of anilines is 1. The molecule has 1 amide bonds. The number of nitrogens with zero attached hydrogens (tertiary/aromatic N) is 1. The molecule has 0 saturated carbocycles. The number of halogens is 1. The Labute approximate surface area is 96.3 Å². The summed E-state index contributed by atoms with van der Waals surface area (Å²) in [6.07, 6.45) is 0.473. The van der Waals surface area contributed by atoms with Crippen LogP contribution in [0.25, 0.3) is 0 Å². The summed E-state index contributed by atoms with van der Waals surface area (Å²) in [4.78, 5) is 11.3. The smallest absolute Gasteiger partial charge is 0.225 e. The van der Waals surface area contributed by atoms with Crippen molar-refractivity contribution in [2.24, 2.45) is 0 Å². The van der Waals surface area contributed by atoms with Gasteiger partial charge in [0.25, 0.3) is 0 Å². The largest absolute Gasteiger partial charge is 0.325 e. The molecule has 0 fully saturated rings. The Morgan fingerprint density at radius 2 is 2.21 bits per heavy atom. The molecule has 1 N–H and O–H groups in total. The van der Waals surface area contributed by atoms with Crippen LogP contribution in [0.1, 0.15) is 12.0 Å². The van der Waals surface area contributed by atoms with Gasteiger partial charge in [0.1, 0.15) is 6.07 Å². The molecule has 14 heavy (non-hydrogen) atoms. The predicted molar refractivity (Wildman–Crippen MR) is 63.3 cm³/mol. The summed E-state index contributed by atoms with van der Waals surface area (Å²) in [7, 11) is 0. The standard InChI is InChI=1S/C10H9IN2O/c11-6-5-10(14)13-9-4-2-1-3-8(9)7-12/h1-4H,5-6H2,(H,13,14). The zero-order chi connectivity index (χ0) is 10.4. The molecule has 0 aliphatic carbocycles. The number of nitrogens with one attached hydrogen (secondary N) is 1. The quantitative estimate of drug-likeness (QED) is 0.688. The second kappa shape index (κ2) is 5.60. The van der Waals surface area contributed by atoms with Crippen LogP contribution in [0.15, 0.2) is 24.3 Å². The van der Waals surface area contributed by atoms with Crippen LogP contribution >= 0.6 is 22.6 Å². The van der Waals surface area contributed by atoms with E-state index < -0.39 is 0 Å². The third kappa shape index (κ3) is 3.00. The van der Waals surface area contributed by atoms with Crippen molar-refractivity contribution in [2.75, 3.05) is 9.74 Å². The molecule has 0 aliphatic rings. The van der Waals surface area contributed by atoms with Crippen LogP contribution in [0.5, 0.6) is 0 Å². The minimum atomic E-state index is -0.0536. The van der Waals surface area contributed by atoms with Crippen LogP contribution in [0.4, 0.5) is 5.69 Å². The normalized spacial score (nSPS) is 9.14. The van der Waals surface area contributed by atoms with Crippen molar-refractivity contribution in [3.63, 3.8) is 0 Å². The molecule has 0 aliphatic heterocycles. The van der Waals surface area contributed by atoms with E-state index in [0.717, 1.165) is 4.43 Å². The lowest BCUT2D eigenvalue weighted by molar-refractivity contribution is -0.115. The van der Waals surface area contributed by atoms with E-state index in [1.165, 1.54) is 0 Å². The summed E-state index contributed by atoms with van der Waals surface area (Å²) in [5, 5.41) is 11.5. The van der Waals surface area contributed by atoms with Gasteiger partial charge in [-0.2, -0.15) is 5.26 Å². The highest BCUT2D eigenvalue weighted by atomic mass is 127. The lowest BCUT2D eigenvalue weighted by atomic mass is 10.2. The van der Waals surface area contributed by atoms with Crippen LogP contribution < -0.4 is 5.32 Å². The number of hydrogen-bond donors (Lipinski definition) is 1. The monoisotopic (exact) mass is 300 g/mol. The summed E-state index contributed by atoms with van der Waals surface area (Å²) in [5.74, 6) is -0.0536. The maximum absolute atomic E-state index is 11.3. The van der Waals surface area contributed by atoms with Crippen molar-refractivity contribution in [2.45, 2.75) is 6.42 Å². The second-order valence-corrected chi connectivity index (χ2v) is 3.72. The van der Waals surface area contributed by atoms with Crippen molar-refractivity contribution in [1.82, 2.24) is 0 Å².